The number of hydrogen-bond donors (Lipinski definition) is 2. The second kappa shape index (κ2) is 7.05. The maximum absolute atomic E-state index is 11.0. The molecular formula is C17H26N2O2. The number of hydrogen-bond acceptors (Lipinski definition) is 3. The minimum atomic E-state index is -0.867. The van der Waals surface area contributed by atoms with Gasteiger partial charge in [-0.2, -0.15) is 0 Å². The molecule has 0 unspecified atom stereocenters. The van der Waals surface area contributed by atoms with Crippen LogP contribution in [0.3, 0.4) is 0 Å². The summed E-state index contributed by atoms with van der Waals surface area (Å²) in [7, 11) is 4.33. The largest absolute Gasteiger partial charge is 0.478 e. The third-order valence-corrected chi connectivity index (χ3v) is 4.69. The molecule has 1 saturated carbocycles. The molecule has 2 N–H and O–H groups in total. The van der Waals surface area contributed by atoms with Crippen LogP contribution in [0.1, 0.15) is 48.0 Å². The third kappa shape index (κ3) is 4.05. The Labute approximate surface area is 127 Å². The van der Waals surface area contributed by atoms with Gasteiger partial charge in [0.15, 0.2) is 0 Å². The lowest BCUT2D eigenvalue weighted by Crippen LogP contribution is -2.52. The van der Waals surface area contributed by atoms with Gasteiger partial charge in [0, 0.05) is 18.6 Å². The van der Waals surface area contributed by atoms with Crippen LogP contribution in [-0.2, 0) is 6.54 Å². The summed E-state index contributed by atoms with van der Waals surface area (Å²) in [6.45, 7) is 1.67. The minimum Gasteiger partial charge on any atom is -0.478 e. The van der Waals surface area contributed by atoms with Crippen LogP contribution in [0.5, 0.6) is 0 Å². The molecule has 1 aromatic rings. The first-order valence-electron chi connectivity index (χ1n) is 7.74. The summed E-state index contributed by atoms with van der Waals surface area (Å²) >= 11 is 0. The van der Waals surface area contributed by atoms with Crippen molar-refractivity contribution in [3.63, 3.8) is 0 Å². The van der Waals surface area contributed by atoms with Gasteiger partial charge < -0.3 is 15.3 Å². The Morgan fingerprint density at radius 3 is 2.62 bits per heavy atom. The summed E-state index contributed by atoms with van der Waals surface area (Å²) in [5.74, 6) is -0.867. The number of carboxylic acids is 1. The first-order chi connectivity index (χ1) is 10.0. The molecule has 0 bridgehead atoms. The second-order valence-corrected chi connectivity index (χ2v) is 6.29. The van der Waals surface area contributed by atoms with Crippen molar-refractivity contribution >= 4 is 5.97 Å². The Morgan fingerprint density at radius 2 is 2.00 bits per heavy atom. The van der Waals surface area contributed by atoms with E-state index in [9.17, 15) is 4.79 Å². The van der Waals surface area contributed by atoms with Crippen LogP contribution in [0.25, 0.3) is 0 Å². The molecule has 4 nitrogen and oxygen atoms in total. The van der Waals surface area contributed by atoms with Crippen molar-refractivity contribution in [1.82, 2.24) is 10.2 Å². The quantitative estimate of drug-likeness (QED) is 0.846. The van der Waals surface area contributed by atoms with Gasteiger partial charge in [0.25, 0.3) is 0 Å². The smallest absolute Gasteiger partial charge is 0.335 e. The van der Waals surface area contributed by atoms with Crippen LogP contribution in [0.2, 0.25) is 0 Å². The number of nitrogens with one attached hydrogen (secondary N) is 1. The summed E-state index contributed by atoms with van der Waals surface area (Å²) in [4.78, 5) is 13.3. The van der Waals surface area contributed by atoms with Crippen LogP contribution in [0.15, 0.2) is 24.3 Å². The Hall–Kier alpha value is -1.39. The maximum Gasteiger partial charge on any atom is 0.335 e. The van der Waals surface area contributed by atoms with Crippen LogP contribution in [0.4, 0.5) is 0 Å². The molecule has 116 valence electrons. The highest BCUT2D eigenvalue weighted by molar-refractivity contribution is 5.87. The van der Waals surface area contributed by atoms with Gasteiger partial charge in [0.1, 0.15) is 0 Å². The van der Waals surface area contributed by atoms with Gasteiger partial charge in [-0.3, -0.25) is 0 Å². The summed E-state index contributed by atoms with van der Waals surface area (Å²) in [5, 5.41) is 12.6. The zero-order valence-corrected chi connectivity index (χ0v) is 13.1. The average molecular weight is 290 g/mol. The van der Waals surface area contributed by atoms with Crippen LogP contribution >= 0.6 is 0 Å². The van der Waals surface area contributed by atoms with E-state index in [2.05, 4.69) is 24.3 Å². The molecule has 0 amide bonds. The molecule has 0 radical (unpaired) electrons. The molecule has 0 spiro atoms. The summed E-state index contributed by atoms with van der Waals surface area (Å²) in [5.41, 5.74) is 1.64. The second-order valence-electron chi connectivity index (χ2n) is 6.29. The molecule has 1 aromatic carbocycles. The van der Waals surface area contributed by atoms with Crippen LogP contribution in [0, 0.1) is 0 Å². The normalized spacial score (nSPS) is 17.9. The fourth-order valence-corrected chi connectivity index (χ4v) is 3.25. The number of aromatic carboxylic acids is 1. The Kier molecular flexibility index (Phi) is 5.37. The number of rotatable bonds is 6. The van der Waals surface area contributed by atoms with Gasteiger partial charge in [-0.25, -0.2) is 4.79 Å². The fraction of sp³-hybridized carbons (Fsp3) is 0.588. The van der Waals surface area contributed by atoms with Gasteiger partial charge in [0.05, 0.1) is 5.56 Å². The molecular weight excluding hydrogens is 264 g/mol. The van der Waals surface area contributed by atoms with Crippen molar-refractivity contribution in [3.05, 3.63) is 35.4 Å². The predicted octanol–water partition coefficient (Wildman–Crippen LogP) is 2.74. The molecule has 0 aromatic heterocycles. The summed E-state index contributed by atoms with van der Waals surface area (Å²) in [6.07, 6.45) is 6.42. The number of carbonyl (C=O) groups is 1. The molecule has 0 saturated heterocycles. The van der Waals surface area contributed by atoms with E-state index in [0.717, 1.165) is 18.7 Å². The zero-order valence-electron chi connectivity index (χ0n) is 13.1. The van der Waals surface area contributed by atoms with Gasteiger partial charge in [-0.05, 0) is 44.6 Å². The lowest BCUT2D eigenvalue weighted by Gasteiger charge is -2.43. The molecule has 1 aliphatic rings. The van der Waals surface area contributed by atoms with E-state index < -0.39 is 5.97 Å². The van der Waals surface area contributed by atoms with E-state index in [1.807, 2.05) is 12.1 Å². The maximum atomic E-state index is 11.0. The lowest BCUT2D eigenvalue weighted by atomic mass is 9.80. The van der Waals surface area contributed by atoms with Crippen molar-refractivity contribution in [2.24, 2.45) is 0 Å². The summed E-state index contributed by atoms with van der Waals surface area (Å²) in [6, 6.07) is 7.16. The number of carboxylic acid groups (broad SMARTS) is 1. The highest BCUT2D eigenvalue weighted by Crippen LogP contribution is 2.31. The highest BCUT2D eigenvalue weighted by Gasteiger charge is 2.33. The number of likely N-dealkylation sites (N-methyl/N-ethyl adjacent to an activating group) is 1. The highest BCUT2D eigenvalue weighted by atomic mass is 16.4. The van der Waals surface area contributed by atoms with Crippen molar-refractivity contribution in [1.29, 1.82) is 0 Å². The third-order valence-electron chi connectivity index (χ3n) is 4.69. The first kappa shape index (κ1) is 16.0. The topological polar surface area (TPSA) is 52.6 Å². The molecule has 0 heterocycles. The number of benzene rings is 1. The van der Waals surface area contributed by atoms with E-state index in [-0.39, 0.29) is 5.54 Å². The van der Waals surface area contributed by atoms with Gasteiger partial charge in [-0.15, -0.1) is 0 Å². The Balaban J connectivity index is 1.93. The monoisotopic (exact) mass is 290 g/mol. The van der Waals surface area contributed by atoms with Crippen molar-refractivity contribution in [2.45, 2.75) is 44.2 Å². The van der Waals surface area contributed by atoms with Gasteiger partial charge >= 0.3 is 5.97 Å². The molecule has 1 fully saturated rings. The van der Waals surface area contributed by atoms with E-state index in [1.165, 1.54) is 32.1 Å². The molecule has 0 atom stereocenters. The summed E-state index contributed by atoms with van der Waals surface area (Å²) < 4.78 is 0. The average Bonchev–Trinajstić information content (AvgIpc) is 2.48. The Morgan fingerprint density at radius 1 is 1.29 bits per heavy atom. The first-order valence-corrected chi connectivity index (χ1v) is 7.74. The molecule has 1 aliphatic carbocycles. The van der Waals surface area contributed by atoms with Crippen molar-refractivity contribution < 1.29 is 9.90 Å². The van der Waals surface area contributed by atoms with Crippen molar-refractivity contribution in [3.8, 4) is 0 Å². The van der Waals surface area contributed by atoms with E-state index in [1.54, 1.807) is 12.1 Å². The molecule has 2 rings (SSSR count). The molecule has 21 heavy (non-hydrogen) atoms. The molecule has 0 aliphatic heterocycles. The standard InChI is InChI=1S/C17H26N2O2/c1-19(2)17(9-4-3-5-10-17)13-18-12-14-7-6-8-15(11-14)16(20)21/h6-8,11,18H,3-5,9-10,12-13H2,1-2H3,(H,20,21). The van der Waals surface area contributed by atoms with Gasteiger partial charge in [-0.1, -0.05) is 31.4 Å². The SMILES string of the molecule is CN(C)C1(CNCc2cccc(C(=O)O)c2)CCCCC1. The van der Waals surface area contributed by atoms with E-state index in [0.29, 0.717) is 5.56 Å². The van der Waals surface area contributed by atoms with E-state index in [4.69, 9.17) is 5.11 Å². The fourth-order valence-electron chi connectivity index (χ4n) is 3.25. The number of nitrogens with zero attached hydrogens (tertiary/aromatic N) is 1. The Bertz CT molecular complexity index is 479. The van der Waals surface area contributed by atoms with Crippen molar-refractivity contribution in [2.75, 3.05) is 20.6 Å². The van der Waals surface area contributed by atoms with E-state index >= 15 is 0 Å². The van der Waals surface area contributed by atoms with Crippen LogP contribution in [-0.4, -0.2) is 42.2 Å². The minimum absolute atomic E-state index is 0.253. The lowest BCUT2D eigenvalue weighted by molar-refractivity contribution is 0.0696. The predicted molar refractivity (Wildman–Crippen MR) is 84.6 cm³/mol. The zero-order chi connectivity index (χ0) is 15.3. The van der Waals surface area contributed by atoms with Gasteiger partial charge in [0.2, 0.25) is 0 Å². The molecule has 4 heteroatoms. The van der Waals surface area contributed by atoms with Crippen LogP contribution < -0.4 is 5.32 Å².